The van der Waals surface area contributed by atoms with Crippen LogP contribution in [0, 0.1) is 0 Å². The van der Waals surface area contributed by atoms with Crippen molar-refractivity contribution in [3.63, 3.8) is 0 Å². The molecule has 5 heterocycles. The molecule has 2 amide bonds. The Labute approximate surface area is 187 Å². The van der Waals surface area contributed by atoms with Gasteiger partial charge in [-0.15, -0.1) is 0 Å². The molecule has 6 heteroatoms. The van der Waals surface area contributed by atoms with Crippen molar-refractivity contribution in [1.29, 1.82) is 0 Å². The number of benzene rings is 1. The number of carbonyl (C=O) groups is 2. The summed E-state index contributed by atoms with van der Waals surface area (Å²) < 4.78 is 6.19. The van der Waals surface area contributed by atoms with Crippen molar-refractivity contribution in [2.45, 2.75) is 70.1 Å². The van der Waals surface area contributed by atoms with Gasteiger partial charge in [-0.3, -0.25) is 9.59 Å². The Morgan fingerprint density at radius 3 is 2.69 bits per heavy atom. The molecule has 166 valence electrons. The van der Waals surface area contributed by atoms with Crippen LogP contribution in [0.2, 0.25) is 0 Å². The molecular weight excluding hydrogens is 402 g/mol. The fraction of sp³-hybridized carbons (Fsp3) is 0.462. The van der Waals surface area contributed by atoms with E-state index in [0.717, 1.165) is 46.3 Å². The van der Waals surface area contributed by atoms with Crippen LogP contribution in [0.1, 0.15) is 57.4 Å². The third kappa shape index (κ3) is 2.71. The lowest BCUT2D eigenvalue weighted by molar-refractivity contribution is -0.156. The monoisotopic (exact) mass is 431 g/mol. The molecule has 4 aliphatic heterocycles. The van der Waals surface area contributed by atoms with Crippen LogP contribution in [-0.2, 0) is 21.4 Å². The number of nitrogens with zero attached hydrogens (tertiary/aromatic N) is 2. The first-order chi connectivity index (χ1) is 15.1. The summed E-state index contributed by atoms with van der Waals surface area (Å²) >= 11 is 0. The molecule has 1 N–H and O–H groups in total. The van der Waals surface area contributed by atoms with Gasteiger partial charge in [0, 0.05) is 52.8 Å². The van der Waals surface area contributed by atoms with Gasteiger partial charge in [0.05, 0.1) is 0 Å². The molecule has 2 aromatic rings. The van der Waals surface area contributed by atoms with Crippen molar-refractivity contribution in [2.75, 3.05) is 6.54 Å². The molecule has 1 aromatic carbocycles. The van der Waals surface area contributed by atoms with E-state index in [-0.39, 0.29) is 28.9 Å². The van der Waals surface area contributed by atoms with Gasteiger partial charge in [0.25, 0.3) is 0 Å². The van der Waals surface area contributed by atoms with E-state index in [1.165, 1.54) is 0 Å². The van der Waals surface area contributed by atoms with Crippen molar-refractivity contribution in [1.82, 2.24) is 14.8 Å². The number of hydrogen-bond donors (Lipinski definition) is 1. The van der Waals surface area contributed by atoms with E-state index in [0.29, 0.717) is 13.0 Å². The number of fused-ring (bicyclic) bond motifs is 6. The van der Waals surface area contributed by atoms with Crippen LogP contribution in [0.15, 0.2) is 30.5 Å². The summed E-state index contributed by atoms with van der Waals surface area (Å²) in [4.78, 5) is 33.9. The van der Waals surface area contributed by atoms with Crippen LogP contribution in [-0.4, -0.2) is 50.8 Å². The zero-order valence-corrected chi connectivity index (χ0v) is 19.1. The van der Waals surface area contributed by atoms with E-state index in [4.69, 9.17) is 4.74 Å². The van der Waals surface area contributed by atoms with Gasteiger partial charge >= 0.3 is 0 Å². The molecule has 32 heavy (non-hydrogen) atoms. The maximum Gasteiger partial charge on any atom is 0.250 e. The largest absolute Gasteiger partial charge is 0.483 e. The predicted octanol–water partition coefficient (Wildman–Crippen LogP) is 3.90. The van der Waals surface area contributed by atoms with Crippen LogP contribution in [0.4, 0.5) is 0 Å². The van der Waals surface area contributed by atoms with Crippen LogP contribution >= 0.6 is 0 Å². The lowest BCUT2D eigenvalue weighted by Crippen LogP contribution is -2.62. The minimum atomic E-state index is -0.497. The van der Waals surface area contributed by atoms with Gasteiger partial charge in [-0.25, -0.2) is 0 Å². The maximum atomic E-state index is 13.4. The minimum absolute atomic E-state index is 0.0541. The van der Waals surface area contributed by atoms with Crippen molar-refractivity contribution < 1.29 is 14.3 Å². The van der Waals surface area contributed by atoms with Gasteiger partial charge < -0.3 is 19.5 Å². The molecular formula is C26H29N3O3. The fourth-order valence-electron chi connectivity index (χ4n) is 5.71. The van der Waals surface area contributed by atoms with Gasteiger partial charge in [0.2, 0.25) is 11.8 Å². The number of nitrogens with one attached hydrogen (secondary N) is 1. The summed E-state index contributed by atoms with van der Waals surface area (Å²) in [5.74, 6) is 0.983. The Bertz CT molecular complexity index is 1230. The lowest BCUT2D eigenvalue weighted by Gasteiger charge is -2.42. The van der Waals surface area contributed by atoms with Crippen LogP contribution < -0.4 is 4.74 Å². The molecule has 6 nitrogen and oxygen atoms in total. The molecule has 2 atom stereocenters. The highest BCUT2D eigenvalue weighted by molar-refractivity contribution is 5.99. The Hall–Kier alpha value is -3.02. The number of ether oxygens (including phenoxy) is 1. The van der Waals surface area contributed by atoms with E-state index in [1.54, 1.807) is 9.80 Å². The molecule has 6 rings (SSSR count). The third-order valence-corrected chi connectivity index (χ3v) is 7.46. The quantitative estimate of drug-likeness (QED) is 0.688. The summed E-state index contributed by atoms with van der Waals surface area (Å²) in [6.07, 6.45) is 10.3. The normalized spacial score (nSPS) is 28.4. The van der Waals surface area contributed by atoms with Gasteiger partial charge in [-0.2, -0.15) is 0 Å². The number of aromatic nitrogens is 1. The first-order valence-corrected chi connectivity index (χ1v) is 11.5. The number of rotatable bonds is 0. The second kappa shape index (κ2) is 6.27. The zero-order chi connectivity index (χ0) is 22.4. The summed E-state index contributed by atoms with van der Waals surface area (Å²) in [6, 6.07) is 3.43. The Kier molecular flexibility index (Phi) is 3.85. The Morgan fingerprint density at radius 2 is 1.88 bits per heavy atom. The first-order valence-electron chi connectivity index (χ1n) is 11.5. The highest BCUT2D eigenvalue weighted by Crippen LogP contribution is 2.41. The number of amides is 2. The number of carbonyl (C=O) groups excluding carboxylic acids is 2. The van der Waals surface area contributed by atoms with E-state index in [2.05, 4.69) is 49.2 Å². The highest BCUT2D eigenvalue weighted by atomic mass is 16.5. The van der Waals surface area contributed by atoms with Gasteiger partial charge in [-0.1, -0.05) is 26.0 Å². The molecule has 0 bridgehead atoms. The van der Waals surface area contributed by atoms with Crippen LogP contribution in [0.25, 0.3) is 17.0 Å². The fourth-order valence-corrected chi connectivity index (χ4v) is 5.71. The number of piperazine rings is 1. The van der Waals surface area contributed by atoms with E-state index >= 15 is 0 Å². The van der Waals surface area contributed by atoms with Crippen LogP contribution in [0.3, 0.4) is 0 Å². The van der Waals surface area contributed by atoms with Crippen molar-refractivity contribution in [2.24, 2.45) is 0 Å². The summed E-state index contributed by atoms with van der Waals surface area (Å²) in [6.45, 7) is 9.07. The van der Waals surface area contributed by atoms with E-state index in [9.17, 15) is 9.59 Å². The molecule has 4 aliphatic rings. The number of allylic oxidation sites excluding steroid dienone is 1. The average molecular weight is 432 g/mol. The molecule has 0 radical (unpaired) electrons. The second-order valence-corrected chi connectivity index (χ2v) is 10.6. The standard InChI is InChI=1S/C26H29N3O3/c1-25(2)9-11-29-20(24(31)28-10-5-6-19(28)23(29)30)13-17-16-12-15-7-8-26(3,4)32-21(15)14-18(16)27-22(17)25/h7-9,11-12,14,19-20,27H,5-6,10,13H2,1-4H3/b11-9-/t19-,20-/m0/s1. The van der Waals surface area contributed by atoms with Crippen molar-refractivity contribution >= 4 is 28.8 Å². The van der Waals surface area contributed by atoms with Crippen molar-refractivity contribution in [3.05, 3.63) is 47.3 Å². The van der Waals surface area contributed by atoms with E-state index < -0.39 is 6.04 Å². The smallest absolute Gasteiger partial charge is 0.250 e. The topological polar surface area (TPSA) is 65.6 Å². The molecule has 1 aromatic heterocycles. The average Bonchev–Trinajstić information content (AvgIpc) is 3.34. The minimum Gasteiger partial charge on any atom is -0.483 e. The van der Waals surface area contributed by atoms with Gasteiger partial charge in [0.1, 0.15) is 23.4 Å². The molecule has 2 saturated heterocycles. The first kappa shape index (κ1) is 19.6. The van der Waals surface area contributed by atoms with Gasteiger partial charge in [-0.05, 0) is 44.4 Å². The van der Waals surface area contributed by atoms with Crippen LogP contribution in [0.5, 0.6) is 5.75 Å². The molecule has 2 fully saturated rings. The molecule has 0 aliphatic carbocycles. The predicted molar refractivity (Wildman–Crippen MR) is 123 cm³/mol. The summed E-state index contributed by atoms with van der Waals surface area (Å²) in [5, 5.41) is 1.10. The number of aromatic amines is 1. The SMILES string of the molecule is CC1(C)C=Cc2cc3c4c([nH]c3cc2O1)C(C)(C)/C=C\N1C(=O)[C@@H]2CCCN2C(=O)[C@@H]1C4. The second-order valence-electron chi connectivity index (χ2n) is 10.6. The maximum absolute atomic E-state index is 13.4. The molecule has 0 saturated carbocycles. The molecule has 0 spiro atoms. The van der Waals surface area contributed by atoms with Crippen molar-refractivity contribution in [3.8, 4) is 5.75 Å². The zero-order valence-electron chi connectivity index (χ0n) is 19.1. The molecule has 0 unspecified atom stereocenters. The number of hydrogen-bond acceptors (Lipinski definition) is 3. The lowest BCUT2D eigenvalue weighted by atomic mass is 9.82. The highest BCUT2D eigenvalue weighted by Gasteiger charge is 2.48. The Balaban J connectivity index is 1.52. The number of H-pyrrole nitrogens is 1. The third-order valence-electron chi connectivity index (χ3n) is 7.46. The summed E-state index contributed by atoms with van der Waals surface area (Å²) in [7, 11) is 0. The Morgan fingerprint density at radius 1 is 1.06 bits per heavy atom. The summed E-state index contributed by atoms with van der Waals surface area (Å²) in [5.41, 5.74) is 3.60. The van der Waals surface area contributed by atoms with E-state index in [1.807, 2.05) is 20.0 Å². The van der Waals surface area contributed by atoms with Gasteiger partial charge in [0.15, 0.2) is 0 Å².